The van der Waals surface area contributed by atoms with Crippen molar-refractivity contribution in [2.24, 2.45) is 0 Å². The molecule has 0 bridgehead atoms. The molecule has 0 atom stereocenters. The first-order chi connectivity index (χ1) is 40.6. The van der Waals surface area contributed by atoms with Crippen molar-refractivity contribution in [1.29, 1.82) is 0 Å². The predicted molar refractivity (Wildman–Crippen MR) is 240 cm³/mol. The van der Waals surface area contributed by atoms with E-state index in [1.54, 1.807) is 0 Å². The van der Waals surface area contributed by atoms with Gasteiger partial charge in [-0.1, -0.05) is 69.7 Å². The van der Waals surface area contributed by atoms with Crippen molar-refractivity contribution >= 4 is 63.4 Å². The molecule has 87 heavy (non-hydrogen) atoms. The zero-order chi connectivity index (χ0) is 65.0. The van der Waals surface area contributed by atoms with Crippen molar-refractivity contribution in [2.75, 3.05) is 0 Å². The summed E-state index contributed by atoms with van der Waals surface area (Å²) in [6.45, 7) is 2.62. The third-order valence-corrected chi connectivity index (χ3v) is 13.8. The van der Waals surface area contributed by atoms with E-state index in [1.165, 1.54) is 30.3 Å². The molecule has 8 aromatic rings. The van der Waals surface area contributed by atoms with Crippen LogP contribution in [0, 0.1) is 175 Å². The van der Waals surface area contributed by atoms with Gasteiger partial charge in [0.25, 0.3) is 12.6 Å². The number of rotatable bonds is 13. The van der Waals surface area contributed by atoms with E-state index >= 15 is 119 Å². The lowest BCUT2D eigenvalue weighted by atomic mass is 9.22. The van der Waals surface area contributed by atoms with E-state index in [4.69, 9.17) is 0 Å². The predicted octanol–water partition coefficient (Wildman–Crippen LogP) is 9.95. The van der Waals surface area contributed by atoms with Crippen LogP contribution >= 0.6 is 0 Å². The lowest BCUT2D eigenvalue weighted by Gasteiger charge is -2.42. The average molecular weight is 1280 g/mol. The Hall–Kier alpha value is -9.27. The van der Waals surface area contributed by atoms with Crippen LogP contribution in [0.2, 0.25) is 0 Å². The summed E-state index contributed by atoms with van der Waals surface area (Å²) in [6.07, 6.45) is -17.4. The van der Waals surface area contributed by atoms with Crippen molar-refractivity contribution in [3.63, 3.8) is 0 Å². The fourth-order valence-corrected chi connectivity index (χ4v) is 9.97. The molecule has 0 unspecified atom stereocenters. The Balaban J connectivity index is 1.83. The van der Waals surface area contributed by atoms with Gasteiger partial charge in [-0.15, -0.1) is 0 Å². The highest BCUT2D eigenvalue weighted by atomic mass is 19.2. The quantitative estimate of drug-likeness (QED) is 0.0404. The molecule has 0 aliphatic heterocycles. The van der Waals surface area contributed by atoms with Gasteiger partial charge in [-0.3, -0.25) is 4.79 Å². The summed E-state index contributed by atoms with van der Waals surface area (Å²) < 4.78 is 481. The Morgan fingerprint density at radius 1 is 0.379 bits per heavy atom. The molecule has 4 nitrogen and oxygen atoms in total. The highest BCUT2D eigenvalue weighted by Crippen LogP contribution is 2.33. The molecule has 0 saturated heterocycles. The first-order valence-electron chi connectivity index (χ1n) is 22.8. The molecule has 36 heteroatoms. The van der Waals surface area contributed by atoms with Gasteiger partial charge in [-0.05, 0) is 17.2 Å². The van der Waals surface area contributed by atoms with Crippen LogP contribution in [0.5, 0.6) is 0 Å². The molecule has 1 amide bonds. The molecule has 0 aliphatic rings. The minimum atomic E-state index is -7.68. The number of hydrogen-bond acceptors (Lipinski definition) is 1. The molecule has 0 saturated carbocycles. The Morgan fingerprint density at radius 3 is 0.874 bits per heavy atom. The van der Waals surface area contributed by atoms with Gasteiger partial charge in [0, 0.05) is 12.6 Å². The number of carbonyl (C=O) groups is 1. The summed E-state index contributed by atoms with van der Waals surface area (Å²) >= 11 is 0. The number of hydrogen-bond donors (Lipinski definition) is 1. The average Bonchev–Trinajstić information content (AvgIpc) is 1.67. The lowest BCUT2D eigenvalue weighted by Crippen LogP contribution is -2.88. The first-order valence-corrected chi connectivity index (χ1v) is 22.8. The van der Waals surface area contributed by atoms with Gasteiger partial charge in [-0.25, -0.2) is 132 Å². The van der Waals surface area contributed by atoms with E-state index in [-0.39, 0.29) is 11.6 Å². The van der Waals surface area contributed by atoms with Crippen LogP contribution in [0.25, 0.3) is 12.2 Å². The van der Waals surface area contributed by atoms with Crippen molar-refractivity contribution in [3.8, 4) is 0 Å². The van der Waals surface area contributed by atoms with E-state index in [1.807, 2.05) is 5.32 Å². The van der Waals surface area contributed by atoms with E-state index in [0.717, 1.165) is 0 Å². The summed E-state index contributed by atoms with van der Waals surface area (Å²) in [4.78, 5) is 13.6. The van der Waals surface area contributed by atoms with Crippen molar-refractivity contribution < 1.29 is 141 Å². The molecular formula is C51H14B2F30N3O-. The number of imidazole rings is 1. The standard InChI is InChI=1S/C51H14B2F30N3O/c1-2-12-3-5-13(6-4-12)9-84-15(87)8-7-14-10-85(52(16-22(54)34(66)46(78)35(67)23(16)55,17-24(56)36(68)47(79)37(69)25(17)57)18-26(58)38(70)48(80)39(71)27(18)59)11-86(14)53(19-28(60)40(72)49(81)41(73)29(19)61,20-30(62)42(74)50(82)43(75)31(20)63)21-32(64)44(76)51(83)45(77)33(21)65/h2-8,10-11H,1,9H2,(H,84,87)/q-1. The van der Waals surface area contributed by atoms with Gasteiger partial charge in [0.1, 0.15) is 75.5 Å². The maximum atomic E-state index is 17.1. The van der Waals surface area contributed by atoms with E-state index < -0.39 is 266 Å². The van der Waals surface area contributed by atoms with Crippen molar-refractivity contribution in [1.82, 2.24) is 9.79 Å². The molecular weight excluding hydrogens is 1260 g/mol. The Morgan fingerprint density at radius 2 is 0.621 bits per heavy atom. The Bertz CT molecular complexity index is 3850. The van der Waals surface area contributed by atoms with Gasteiger partial charge < -0.3 is 14.3 Å². The molecule has 0 radical (unpaired) electrons. The maximum Gasteiger partial charge on any atom is 0.288 e. The molecule has 0 spiro atoms. The van der Waals surface area contributed by atoms with Crippen LogP contribution in [-0.2, 0) is 11.3 Å². The van der Waals surface area contributed by atoms with Crippen LogP contribution in [0.15, 0.2) is 49.4 Å². The second-order valence-electron chi connectivity index (χ2n) is 18.1. The van der Waals surface area contributed by atoms with E-state index in [0.29, 0.717) is 5.56 Å². The van der Waals surface area contributed by atoms with E-state index in [9.17, 15) is 18.0 Å². The number of carbonyl (C=O) groups excluding carboxylic acids is 1. The topological polar surface area (TPSA) is 37.9 Å². The number of nitrogens with one attached hydrogen (secondary N) is 1. The Labute approximate surface area is 461 Å². The third kappa shape index (κ3) is 9.12. The molecule has 0 aliphatic carbocycles. The van der Waals surface area contributed by atoms with Gasteiger partial charge in [0.05, 0.1) is 6.20 Å². The van der Waals surface area contributed by atoms with Crippen LogP contribution in [-0.4, -0.2) is 22.9 Å². The largest absolute Gasteiger partial charge is 0.425 e. The first kappa shape index (κ1) is 63.7. The summed E-state index contributed by atoms with van der Waals surface area (Å²) in [5.41, 5.74) is -25.0. The van der Waals surface area contributed by atoms with Gasteiger partial charge >= 0.3 is 0 Å². The highest BCUT2D eigenvalue weighted by Gasteiger charge is 2.58. The third-order valence-electron chi connectivity index (χ3n) is 13.8. The fourth-order valence-electron chi connectivity index (χ4n) is 9.97. The number of aromatic nitrogens is 2. The summed E-state index contributed by atoms with van der Waals surface area (Å²) in [6, 6.07) is 4.93. The number of nitrogens with zero attached hydrogens (tertiary/aromatic N) is 2. The van der Waals surface area contributed by atoms with Crippen molar-refractivity contribution in [2.45, 2.75) is 6.54 Å². The molecule has 1 aromatic heterocycles. The number of amides is 1. The second kappa shape index (κ2) is 22.5. The zero-order valence-corrected chi connectivity index (χ0v) is 40.9. The summed E-state index contributed by atoms with van der Waals surface area (Å²) in [7, 11) is 0. The molecule has 0 fully saturated rings. The molecule has 1 heterocycles. The highest BCUT2D eigenvalue weighted by molar-refractivity contribution is 7.11. The van der Waals surface area contributed by atoms with Crippen LogP contribution < -0.4 is 42.6 Å². The number of benzene rings is 7. The van der Waals surface area contributed by atoms with Gasteiger partial charge in [0.2, 0.25) is 5.91 Å². The van der Waals surface area contributed by atoms with Gasteiger partial charge in [0.15, 0.2) is 111 Å². The second-order valence-corrected chi connectivity index (χ2v) is 18.1. The summed E-state index contributed by atoms with van der Waals surface area (Å²) in [5, 5.41) is 1.90. The lowest BCUT2D eigenvalue weighted by molar-refractivity contribution is -0.538. The number of halogens is 30. The Kier molecular flexibility index (Phi) is 16.5. The summed E-state index contributed by atoms with van der Waals surface area (Å²) in [5.74, 6) is -117. The molecule has 7 aromatic carbocycles. The monoisotopic (exact) mass is 1280 g/mol. The molecule has 8 rings (SSSR count). The minimum Gasteiger partial charge on any atom is -0.425 e. The minimum absolute atomic E-state index is 0.00390. The zero-order valence-electron chi connectivity index (χ0n) is 40.9. The van der Waals surface area contributed by atoms with Crippen LogP contribution in [0.3, 0.4) is 0 Å². The van der Waals surface area contributed by atoms with Crippen molar-refractivity contribution in [3.05, 3.63) is 241 Å². The normalized spacial score (nSPS) is 12.1. The fraction of sp³-hybridized carbons (Fsp3) is 0.0196. The molecule has 1 N–H and O–H groups in total. The smallest absolute Gasteiger partial charge is 0.288 e. The van der Waals surface area contributed by atoms with Crippen LogP contribution in [0.1, 0.15) is 16.8 Å². The maximum absolute atomic E-state index is 17.1. The van der Waals surface area contributed by atoms with E-state index in [2.05, 4.69) is 6.58 Å². The van der Waals surface area contributed by atoms with Gasteiger partial charge in [-0.2, -0.15) is 0 Å². The van der Waals surface area contributed by atoms with Crippen LogP contribution in [0.4, 0.5) is 132 Å². The molecule has 456 valence electrons. The SMILES string of the molecule is C=Cc1ccc(CNC(=O)C=Cc2c[n+]([B-](c3c(F)c(F)c(F)c(F)c3F)(c3c(F)c(F)c(F)c(F)c3F)c3c(F)c(F)c(F)c(F)c3F)cn2[B-](c2c(F)c(F)c(F)c(F)c2F)(c2c(F)c(F)c(F)c(F)c2F)c2c(F)c(F)c(F)c(F)c2F)cc1.